The Hall–Kier alpha value is -1.93. The fourth-order valence-electron chi connectivity index (χ4n) is 2.23. The summed E-state index contributed by atoms with van der Waals surface area (Å²) in [6, 6.07) is 10.8. The van der Waals surface area contributed by atoms with Gasteiger partial charge in [0.1, 0.15) is 11.0 Å². The molecule has 0 fully saturated rings. The smallest absolute Gasteiger partial charge is 0.286 e. The molecule has 4 rings (SSSR count). The van der Waals surface area contributed by atoms with Gasteiger partial charge < -0.3 is 5.32 Å². The van der Waals surface area contributed by atoms with E-state index in [0.29, 0.717) is 25.8 Å². The van der Waals surface area contributed by atoms with Crippen molar-refractivity contribution in [3.05, 3.63) is 56.9 Å². The van der Waals surface area contributed by atoms with Crippen LogP contribution in [0.4, 0.5) is 5.69 Å². The molecule has 0 atom stereocenters. The molecule has 0 unspecified atom stereocenters. The fourth-order valence-corrected chi connectivity index (χ4v) is 4.05. The largest absolute Gasteiger partial charge is 0.332 e. The Labute approximate surface area is 161 Å². The highest BCUT2D eigenvalue weighted by atomic mass is 35.5. The van der Waals surface area contributed by atoms with Crippen LogP contribution in [0.15, 0.2) is 46.3 Å². The summed E-state index contributed by atoms with van der Waals surface area (Å²) in [5.41, 5.74) is 3.03. The third kappa shape index (κ3) is 3.41. The van der Waals surface area contributed by atoms with Crippen LogP contribution < -0.4 is 5.32 Å². The second kappa shape index (κ2) is 6.76. The summed E-state index contributed by atoms with van der Waals surface area (Å²) in [5, 5.41) is 4.37. The number of amidine groups is 1. The van der Waals surface area contributed by atoms with E-state index in [-0.39, 0.29) is 5.91 Å². The molecule has 1 aliphatic heterocycles. The zero-order valence-corrected chi connectivity index (χ0v) is 15.5. The number of halogens is 2. The van der Waals surface area contributed by atoms with Crippen LogP contribution in [0.1, 0.15) is 5.56 Å². The minimum absolute atomic E-state index is 0.313. The van der Waals surface area contributed by atoms with Crippen molar-refractivity contribution in [2.75, 3.05) is 5.32 Å². The molecule has 0 aliphatic carbocycles. The Morgan fingerprint density at radius 3 is 2.60 bits per heavy atom. The number of aliphatic imine (C=N–C) groups is 1. The molecule has 2 aromatic carbocycles. The monoisotopic (exact) mass is 406 g/mol. The van der Waals surface area contributed by atoms with Crippen LogP contribution in [0, 0.1) is 0 Å². The molecule has 9 heteroatoms. The zero-order valence-electron chi connectivity index (χ0n) is 12.4. The number of hydrogen-bond acceptors (Lipinski definition) is 6. The molecule has 25 heavy (non-hydrogen) atoms. The molecule has 0 radical (unpaired) electrons. The number of hydrogen-bond donors (Lipinski definition) is 1. The first kappa shape index (κ1) is 16.5. The number of nitrogens with zero attached hydrogens (tertiary/aromatic N) is 3. The lowest BCUT2D eigenvalue weighted by atomic mass is 10.2. The number of rotatable bonds is 2. The summed E-state index contributed by atoms with van der Waals surface area (Å²) in [6.07, 6.45) is 1.78. The van der Waals surface area contributed by atoms with Crippen LogP contribution in [0.25, 0.3) is 17.1 Å². The standard InChI is InChI=1S/C16H8Cl2N4OS2/c17-9-2-1-3-10(18)14(9)19-16-20-15(23)13(24-16)7-8-4-5-11-12(6-8)22-25-21-11/h1-7H,(H,19,20,23). The Kier molecular flexibility index (Phi) is 4.47. The van der Waals surface area contributed by atoms with E-state index < -0.39 is 0 Å². The lowest BCUT2D eigenvalue weighted by molar-refractivity contribution is -0.113. The first-order chi connectivity index (χ1) is 12.1. The van der Waals surface area contributed by atoms with E-state index in [9.17, 15) is 4.79 Å². The van der Waals surface area contributed by atoms with Crippen molar-refractivity contribution in [2.24, 2.45) is 4.99 Å². The van der Waals surface area contributed by atoms with Crippen LogP contribution in [-0.2, 0) is 4.79 Å². The summed E-state index contributed by atoms with van der Waals surface area (Å²) in [5.74, 6) is -0.313. The van der Waals surface area contributed by atoms with Gasteiger partial charge in [0.2, 0.25) is 0 Å². The third-order valence-corrected chi connectivity index (χ3v) is 5.48. The second-order valence-corrected chi connectivity index (χ2v) is 7.44. The Bertz CT molecular complexity index is 1040. The molecule has 1 aromatic heterocycles. The topological polar surface area (TPSA) is 67.2 Å². The van der Waals surface area contributed by atoms with Gasteiger partial charge in [-0.05, 0) is 47.7 Å². The quantitative estimate of drug-likeness (QED) is 0.600. The summed E-state index contributed by atoms with van der Waals surface area (Å²) in [7, 11) is 0. The number of carbonyl (C=O) groups excluding carboxylic acids is 1. The summed E-state index contributed by atoms with van der Waals surface area (Å²) in [4.78, 5) is 16.7. The van der Waals surface area contributed by atoms with Crippen LogP contribution in [0.3, 0.4) is 0 Å². The molecule has 0 saturated heterocycles. The minimum atomic E-state index is -0.313. The number of amides is 1. The van der Waals surface area contributed by atoms with Crippen molar-refractivity contribution in [2.45, 2.75) is 0 Å². The molecular formula is C16H8Cl2N4OS2. The zero-order chi connectivity index (χ0) is 17.4. The second-order valence-electron chi connectivity index (χ2n) is 5.07. The van der Waals surface area contributed by atoms with Crippen molar-refractivity contribution < 1.29 is 4.79 Å². The first-order valence-corrected chi connectivity index (χ1v) is 9.36. The van der Waals surface area contributed by atoms with Crippen molar-refractivity contribution in [1.29, 1.82) is 0 Å². The fraction of sp³-hybridized carbons (Fsp3) is 0. The number of fused-ring (bicyclic) bond motifs is 1. The van der Waals surface area contributed by atoms with Gasteiger partial charge in [-0.25, -0.2) is 0 Å². The molecule has 0 saturated carbocycles. The van der Waals surface area contributed by atoms with Crippen LogP contribution in [0.5, 0.6) is 0 Å². The maximum atomic E-state index is 12.2. The van der Waals surface area contributed by atoms with E-state index >= 15 is 0 Å². The predicted octanol–water partition coefficient (Wildman–Crippen LogP) is 5.08. The molecule has 0 spiro atoms. The highest BCUT2D eigenvalue weighted by Crippen LogP contribution is 2.34. The minimum Gasteiger partial charge on any atom is -0.332 e. The summed E-state index contributed by atoms with van der Waals surface area (Å²) in [6.45, 7) is 0. The number of para-hydroxylation sites is 1. The van der Waals surface area contributed by atoms with Crippen LogP contribution in [-0.4, -0.2) is 19.8 Å². The van der Waals surface area contributed by atoms with E-state index in [4.69, 9.17) is 23.2 Å². The van der Waals surface area contributed by atoms with Crippen molar-refractivity contribution in [1.82, 2.24) is 8.75 Å². The van der Waals surface area contributed by atoms with Gasteiger partial charge in [-0.2, -0.15) is 13.7 Å². The molecule has 1 aliphatic rings. The van der Waals surface area contributed by atoms with Crippen LogP contribution >= 0.6 is 46.7 Å². The van der Waals surface area contributed by atoms with E-state index in [1.807, 2.05) is 18.2 Å². The molecule has 3 aromatic rings. The van der Waals surface area contributed by atoms with Gasteiger partial charge in [-0.1, -0.05) is 35.3 Å². The Morgan fingerprint density at radius 2 is 1.80 bits per heavy atom. The van der Waals surface area contributed by atoms with E-state index in [2.05, 4.69) is 19.1 Å². The summed E-state index contributed by atoms with van der Waals surface area (Å²) >= 11 is 14.7. The first-order valence-electron chi connectivity index (χ1n) is 7.06. The van der Waals surface area contributed by atoms with Crippen LogP contribution in [0.2, 0.25) is 10.0 Å². The van der Waals surface area contributed by atoms with Gasteiger partial charge in [-0.3, -0.25) is 4.79 Å². The maximum absolute atomic E-state index is 12.2. The molecule has 0 bridgehead atoms. The van der Waals surface area contributed by atoms with Gasteiger partial charge in [0.05, 0.1) is 32.4 Å². The average Bonchev–Trinajstić information content (AvgIpc) is 3.18. The number of aromatic nitrogens is 2. The number of benzene rings is 2. The third-order valence-electron chi connectivity index (χ3n) is 3.39. The molecule has 2 heterocycles. The van der Waals surface area contributed by atoms with Gasteiger partial charge in [0.15, 0.2) is 5.17 Å². The maximum Gasteiger partial charge on any atom is 0.286 e. The number of nitrogens with one attached hydrogen (secondary N) is 1. The average molecular weight is 407 g/mol. The predicted molar refractivity (Wildman–Crippen MR) is 106 cm³/mol. The van der Waals surface area contributed by atoms with Gasteiger partial charge in [0.25, 0.3) is 5.91 Å². The highest BCUT2D eigenvalue weighted by molar-refractivity contribution is 8.18. The Balaban J connectivity index is 1.57. The van der Waals surface area contributed by atoms with E-state index in [0.717, 1.165) is 28.3 Å². The number of carbonyl (C=O) groups is 1. The molecule has 1 N–H and O–H groups in total. The van der Waals surface area contributed by atoms with Crippen molar-refractivity contribution >= 4 is 80.6 Å². The molecule has 124 valence electrons. The normalized spacial score (nSPS) is 15.8. The molecular weight excluding hydrogens is 399 g/mol. The van der Waals surface area contributed by atoms with E-state index in [1.54, 1.807) is 24.3 Å². The molecule has 1 amide bonds. The van der Waals surface area contributed by atoms with Gasteiger partial charge >= 0.3 is 0 Å². The van der Waals surface area contributed by atoms with E-state index in [1.165, 1.54) is 11.8 Å². The van der Waals surface area contributed by atoms with Gasteiger partial charge in [0, 0.05) is 0 Å². The highest BCUT2D eigenvalue weighted by Gasteiger charge is 2.23. The molecule has 5 nitrogen and oxygen atoms in total. The lowest BCUT2D eigenvalue weighted by Gasteiger charge is -2.08. The Morgan fingerprint density at radius 1 is 1.04 bits per heavy atom. The number of anilines is 1. The van der Waals surface area contributed by atoms with Crippen molar-refractivity contribution in [3.8, 4) is 0 Å². The SMILES string of the molecule is O=C1N=C(Nc2c(Cl)cccc2Cl)SC1=Cc1ccc2nsnc2c1. The van der Waals surface area contributed by atoms with Gasteiger partial charge in [-0.15, -0.1) is 0 Å². The number of thioether (sulfide) groups is 1. The van der Waals surface area contributed by atoms with Crippen molar-refractivity contribution in [3.63, 3.8) is 0 Å². The summed E-state index contributed by atoms with van der Waals surface area (Å²) < 4.78 is 8.36. The lowest BCUT2D eigenvalue weighted by Crippen LogP contribution is -2.05.